The number of likely N-dealkylation sites (N-methyl/N-ethyl adjacent to an activating group) is 1. The minimum atomic E-state index is -0.489. The first kappa shape index (κ1) is 13.3. The summed E-state index contributed by atoms with van der Waals surface area (Å²) < 4.78 is 5.87. The molecule has 5 heteroatoms. The predicted molar refractivity (Wildman–Crippen MR) is 72.7 cm³/mol. The van der Waals surface area contributed by atoms with Gasteiger partial charge in [-0.05, 0) is 45.6 Å². The Morgan fingerprint density at radius 1 is 1.42 bits per heavy atom. The van der Waals surface area contributed by atoms with Crippen LogP contribution in [0.2, 0.25) is 0 Å². The van der Waals surface area contributed by atoms with Gasteiger partial charge in [-0.25, -0.2) is 0 Å². The van der Waals surface area contributed by atoms with Crippen molar-refractivity contribution in [1.82, 2.24) is 10.2 Å². The van der Waals surface area contributed by atoms with Gasteiger partial charge in [0.1, 0.15) is 0 Å². The molecule has 4 unspecified atom stereocenters. The van der Waals surface area contributed by atoms with E-state index in [1.807, 2.05) is 7.05 Å². The SMILES string of the molecule is CNC1(C(N)=O)CCC(N2CCOC3CCCC32)C1. The lowest BCUT2D eigenvalue weighted by Crippen LogP contribution is -2.56. The summed E-state index contributed by atoms with van der Waals surface area (Å²) in [6, 6.07) is 1.05. The molecule has 4 atom stereocenters. The third kappa shape index (κ3) is 2.18. The second-order valence-corrected chi connectivity index (χ2v) is 6.24. The van der Waals surface area contributed by atoms with Crippen molar-refractivity contribution >= 4 is 5.91 Å². The minimum Gasteiger partial charge on any atom is -0.375 e. The number of rotatable bonds is 3. The number of carbonyl (C=O) groups excluding carboxylic acids is 1. The van der Waals surface area contributed by atoms with Crippen LogP contribution in [0.25, 0.3) is 0 Å². The average Bonchev–Trinajstić information content (AvgIpc) is 3.05. The molecule has 108 valence electrons. The molecule has 0 aromatic heterocycles. The van der Waals surface area contributed by atoms with Crippen LogP contribution in [-0.2, 0) is 9.53 Å². The molecule has 19 heavy (non-hydrogen) atoms. The number of amides is 1. The van der Waals surface area contributed by atoms with E-state index >= 15 is 0 Å². The van der Waals surface area contributed by atoms with Crippen molar-refractivity contribution in [2.24, 2.45) is 5.73 Å². The molecule has 3 aliphatic rings. The van der Waals surface area contributed by atoms with E-state index in [2.05, 4.69) is 10.2 Å². The lowest BCUT2D eigenvalue weighted by Gasteiger charge is -2.42. The Morgan fingerprint density at radius 2 is 2.26 bits per heavy atom. The van der Waals surface area contributed by atoms with Gasteiger partial charge >= 0.3 is 0 Å². The third-order valence-corrected chi connectivity index (χ3v) is 5.43. The highest BCUT2D eigenvalue weighted by molar-refractivity contribution is 5.85. The van der Waals surface area contributed by atoms with Crippen LogP contribution in [0.4, 0.5) is 0 Å². The van der Waals surface area contributed by atoms with E-state index in [1.54, 1.807) is 0 Å². The molecule has 1 aliphatic heterocycles. The molecule has 0 radical (unpaired) electrons. The van der Waals surface area contributed by atoms with Crippen molar-refractivity contribution < 1.29 is 9.53 Å². The number of morpholine rings is 1. The van der Waals surface area contributed by atoms with Gasteiger partial charge in [-0.1, -0.05) is 0 Å². The summed E-state index contributed by atoms with van der Waals surface area (Å²) in [7, 11) is 1.85. The van der Waals surface area contributed by atoms with Crippen molar-refractivity contribution in [1.29, 1.82) is 0 Å². The number of hydrogen-bond acceptors (Lipinski definition) is 4. The number of primary amides is 1. The van der Waals surface area contributed by atoms with E-state index in [4.69, 9.17) is 10.5 Å². The first-order valence-corrected chi connectivity index (χ1v) is 7.52. The Balaban J connectivity index is 1.71. The fourth-order valence-corrected chi connectivity index (χ4v) is 4.29. The predicted octanol–water partition coefficient (Wildman–Crippen LogP) is 0.236. The number of hydrogen-bond donors (Lipinski definition) is 2. The maximum absolute atomic E-state index is 11.7. The molecule has 3 rings (SSSR count). The van der Waals surface area contributed by atoms with Crippen molar-refractivity contribution in [3.8, 4) is 0 Å². The highest BCUT2D eigenvalue weighted by Gasteiger charge is 2.48. The first-order valence-electron chi connectivity index (χ1n) is 7.52. The lowest BCUT2D eigenvalue weighted by atomic mass is 9.96. The molecule has 0 aromatic carbocycles. The van der Waals surface area contributed by atoms with Gasteiger partial charge < -0.3 is 15.8 Å². The largest absolute Gasteiger partial charge is 0.375 e. The van der Waals surface area contributed by atoms with Crippen molar-refractivity contribution in [3.63, 3.8) is 0 Å². The van der Waals surface area contributed by atoms with Gasteiger partial charge in [-0.3, -0.25) is 9.69 Å². The number of fused-ring (bicyclic) bond motifs is 1. The molecule has 1 heterocycles. The van der Waals surface area contributed by atoms with Gasteiger partial charge in [0.05, 0.1) is 18.2 Å². The second kappa shape index (κ2) is 5.04. The summed E-state index contributed by atoms with van der Waals surface area (Å²) in [4.78, 5) is 14.3. The van der Waals surface area contributed by atoms with E-state index in [0.29, 0.717) is 18.2 Å². The van der Waals surface area contributed by atoms with Gasteiger partial charge in [-0.15, -0.1) is 0 Å². The van der Waals surface area contributed by atoms with Crippen LogP contribution < -0.4 is 11.1 Å². The Hall–Kier alpha value is -0.650. The molecule has 1 saturated heterocycles. The summed E-state index contributed by atoms with van der Waals surface area (Å²) in [5.74, 6) is -0.200. The fourth-order valence-electron chi connectivity index (χ4n) is 4.29. The zero-order chi connectivity index (χ0) is 13.5. The molecule has 3 N–H and O–H groups in total. The van der Waals surface area contributed by atoms with Gasteiger partial charge in [0.25, 0.3) is 0 Å². The lowest BCUT2D eigenvalue weighted by molar-refractivity contribution is -0.124. The molecule has 0 spiro atoms. The van der Waals surface area contributed by atoms with E-state index in [1.165, 1.54) is 19.3 Å². The monoisotopic (exact) mass is 267 g/mol. The van der Waals surface area contributed by atoms with Gasteiger partial charge in [0, 0.05) is 18.6 Å². The molecule has 5 nitrogen and oxygen atoms in total. The molecule has 0 aromatic rings. The fraction of sp³-hybridized carbons (Fsp3) is 0.929. The molecule has 1 amide bonds. The van der Waals surface area contributed by atoms with Crippen LogP contribution in [0, 0.1) is 0 Å². The molecular weight excluding hydrogens is 242 g/mol. The van der Waals surface area contributed by atoms with Gasteiger partial charge in [-0.2, -0.15) is 0 Å². The summed E-state index contributed by atoms with van der Waals surface area (Å²) >= 11 is 0. The average molecular weight is 267 g/mol. The van der Waals surface area contributed by atoms with Crippen molar-refractivity contribution in [3.05, 3.63) is 0 Å². The Kier molecular flexibility index (Phi) is 3.53. The maximum atomic E-state index is 11.7. The molecule has 2 aliphatic carbocycles. The summed E-state index contributed by atoms with van der Waals surface area (Å²) in [5.41, 5.74) is 5.11. The Labute approximate surface area is 114 Å². The van der Waals surface area contributed by atoms with Crippen LogP contribution >= 0.6 is 0 Å². The third-order valence-electron chi connectivity index (χ3n) is 5.43. The molecule has 3 fully saturated rings. The van der Waals surface area contributed by atoms with E-state index in [0.717, 1.165) is 32.4 Å². The van der Waals surface area contributed by atoms with Crippen molar-refractivity contribution in [2.75, 3.05) is 20.2 Å². The van der Waals surface area contributed by atoms with E-state index in [-0.39, 0.29) is 5.91 Å². The van der Waals surface area contributed by atoms with Gasteiger partial charge in [0.15, 0.2) is 0 Å². The molecular formula is C14H25N3O2. The topological polar surface area (TPSA) is 67.6 Å². The molecule has 2 saturated carbocycles. The Morgan fingerprint density at radius 3 is 2.95 bits per heavy atom. The van der Waals surface area contributed by atoms with Crippen LogP contribution in [0.1, 0.15) is 38.5 Å². The van der Waals surface area contributed by atoms with Crippen molar-refractivity contribution in [2.45, 2.75) is 62.3 Å². The smallest absolute Gasteiger partial charge is 0.237 e. The summed E-state index contributed by atoms with van der Waals surface area (Å²) in [5, 5.41) is 3.17. The second-order valence-electron chi connectivity index (χ2n) is 6.24. The zero-order valence-corrected chi connectivity index (χ0v) is 11.7. The highest BCUT2D eigenvalue weighted by atomic mass is 16.5. The quantitative estimate of drug-likeness (QED) is 0.768. The molecule has 0 bridgehead atoms. The number of nitrogens with zero attached hydrogens (tertiary/aromatic N) is 1. The minimum absolute atomic E-state index is 0.200. The zero-order valence-electron chi connectivity index (χ0n) is 11.7. The Bertz CT molecular complexity index is 363. The number of nitrogens with two attached hydrogens (primary N) is 1. The number of carbonyl (C=O) groups is 1. The maximum Gasteiger partial charge on any atom is 0.237 e. The van der Waals surface area contributed by atoms with E-state index < -0.39 is 5.54 Å². The van der Waals surface area contributed by atoms with Crippen LogP contribution in [-0.4, -0.2) is 54.7 Å². The summed E-state index contributed by atoms with van der Waals surface area (Å²) in [6.07, 6.45) is 6.90. The van der Waals surface area contributed by atoms with Crippen LogP contribution in [0.5, 0.6) is 0 Å². The van der Waals surface area contributed by atoms with E-state index in [9.17, 15) is 4.79 Å². The number of ether oxygens (including phenoxy) is 1. The summed E-state index contributed by atoms with van der Waals surface area (Å²) in [6.45, 7) is 1.84. The standard InChI is InChI=1S/C14H25N3O2/c1-16-14(13(15)18)6-5-10(9-14)17-7-8-19-12-4-2-3-11(12)17/h10-12,16H,2-9H2,1H3,(H2,15,18). The normalized spacial score (nSPS) is 43.3. The number of nitrogens with one attached hydrogen (secondary N) is 1. The van der Waals surface area contributed by atoms with Crippen LogP contribution in [0.3, 0.4) is 0 Å². The first-order chi connectivity index (χ1) is 9.16. The highest BCUT2D eigenvalue weighted by Crippen LogP contribution is 2.38. The van der Waals surface area contributed by atoms with Crippen LogP contribution in [0.15, 0.2) is 0 Å². The van der Waals surface area contributed by atoms with Gasteiger partial charge in [0.2, 0.25) is 5.91 Å².